The number of nitrogens with zero attached hydrogens (tertiary/aromatic N) is 5. The fraction of sp³-hybridized carbons (Fsp3) is 0.105. The van der Waals surface area contributed by atoms with Crippen LogP contribution in [0.1, 0.15) is 11.4 Å². The molecule has 4 rings (SSSR count). The molecule has 4 aromatic rings. The van der Waals surface area contributed by atoms with Gasteiger partial charge >= 0.3 is 0 Å². The number of benzene rings is 2. The van der Waals surface area contributed by atoms with E-state index >= 15 is 0 Å². The number of nitrogen functional groups attached to an aromatic ring is 1. The molecule has 2 aromatic carbocycles. The van der Waals surface area contributed by atoms with Gasteiger partial charge in [0, 0.05) is 11.4 Å². The van der Waals surface area contributed by atoms with Crippen molar-refractivity contribution in [1.29, 1.82) is 0 Å². The maximum atomic E-state index is 6.05. The molecule has 2 heterocycles. The molecule has 0 saturated carbocycles. The SMILES string of the molecule is Nc1nc(SCc2ccccc2)c2nc(CNc3ccc(Cl)c(Cl)c3)nnc2n1. The predicted octanol–water partition coefficient (Wildman–Crippen LogP) is 4.61. The molecule has 0 aliphatic heterocycles. The lowest BCUT2D eigenvalue weighted by Crippen LogP contribution is -2.08. The Morgan fingerprint density at radius 2 is 1.76 bits per heavy atom. The van der Waals surface area contributed by atoms with Gasteiger partial charge in [-0.1, -0.05) is 65.3 Å². The van der Waals surface area contributed by atoms with Crippen LogP contribution in [-0.4, -0.2) is 25.1 Å². The zero-order valence-corrected chi connectivity index (χ0v) is 17.3. The number of hydrogen-bond donors (Lipinski definition) is 2. The second-order valence-corrected chi connectivity index (χ2v) is 7.82. The van der Waals surface area contributed by atoms with Crippen molar-refractivity contribution in [2.75, 3.05) is 11.1 Å². The number of aromatic nitrogens is 5. The van der Waals surface area contributed by atoms with Crippen molar-refractivity contribution in [2.45, 2.75) is 17.3 Å². The van der Waals surface area contributed by atoms with Crippen LogP contribution < -0.4 is 11.1 Å². The van der Waals surface area contributed by atoms with Crippen molar-refractivity contribution in [3.63, 3.8) is 0 Å². The summed E-state index contributed by atoms with van der Waals surface area (Å²) in [4.78, 5) is 13.1. The Morgan fingerprint density at radius 3 is 2.55 bits per heavy atom. The first kappa shape index (κ1) is 19.6. The number of nitrogens with two attached hydrogens (primary N) is 1. The van der Waals surface area contributed by atoms with E-state index in [-0.39, 0.29) is 5.95 Å². The van der Waals surface area contributed by atoms with Gasteiger partial charge in [0.25, 0.3) is 0 Å². The summed E-state index contributed by atoms with van der Waals surface area (Å²) in [5.74, 6) is 1.37. The lowest BCUT2D eigenvalue weighted by Gasteiger charge is -2.08. The third-order valence-electron chi connectivity index (χ3n) is 3.94. The lowest BCUT2D eigenvalue weighted by molar-refractivity contribution is 0.866. The number of fused-ring (bicyclic) bond motifs is 1. The molecule has 2 aromatic heterocycles. The summed E-state index contributed by atoms with van der Waals surface area (Å²) in [7, 11) is 0. The average Bonchev–Trinajstić information content (AvgIpc) is 2.73. The zero-order chi connectivity index (χ0) is 20.2. The lowest BCUT2D eigenvalue weighted by atomic mass is 10.2. The topological polar surface area (TPSA) is 102 Å². The van der Waals surface area contributed by atoms with Crippen molar-refractivity contribution < 1.29 is 0 Å². The van der Waals surface area contributed by atoms with E-state index in [1.165, 1.54) is 17.3 Å². The third-order valence-corrected chi connectivity index (χ3v) is 5.72. The predicted molar refractivity (Wildman–Crippen MR) is 117 cm³/mol. The van der Waals surface area contributed by atoms with E-state index in [2.05, 4.69) is 42.6 Å². The molecule has 10 heteroatoms. The van der Waals surface area contributed by atoms with E-state index in [4.69, 9.17) is 28.9 Å². The number of rotatable bonds is 6. The first-order valence-corrected chi connectivity index (χ1v) is 10.3. The van der Waals surface area contributed by atoms with Crippen molar-refractivity contribution in [2.24, 2.45) is 0 Å². The van der Waals surface area contributed by atoms with Crippen molar-refractivity contribution in [3.05, 3.63) is 70.0 Å². The van der Waals surface area contributed by atoms with Crippen molar-refractivity contribution in [3.8, 4) is 0 Å². The van der Waals surface area contributed by atoms with Gasteiger partial charge in [-0.15, -0.1) is 10.2 Å². The van der Waals surface area contributed by atoms with Crippen LogP contribution in [0.15, 0.2) is 53.6 Å². The van der Waals surface area contributed by atoms with Crippen molar-refractivity contribution >= 4 is 57.8 Å². The van der Waals surface area contributed by atoms with E-state index in [9.17, 15) is 0 Å². The summed E-state index contributed by atoms with van der Waals surface area (Å²) >= 11 is 13.5. The molecule has 0 radical (unpaired) electrons. The maximum absolute atomic E-state index is 6.05. The third kappa shape index (κ3) is 4.84. The highest BCUT2D eigenvalue weighted by atomic mass is 35.5. The summed E-state index contributed by atoms with van der Waals surface area (Å²) in [5, 5.41) is 13.1. The molecule has 0 saturated heterocycles. The number of anilines is 2. The second-order valence-electron chi connectivity index (χ2n) is 6.04. The second kappa shape index (κ2) is 8.77. The Bertz CT molecular complexity index is 1160. The molecule has 0 bridgehead atoms. The van der Waals surface area contributed by atoms with Crippen LogP contribution in [0.3, 0.4) is 0 Å². The van der Waals surface area contributed by atoms with Crippen LogP contribution in [-0.2, 0) is 12.3 Å². The van der Waals surface area contributed by atoms with E-state index < -0.39 is 0 Å². The van der Waals surface area contributed by atoms with Gasteiger partial charge in [0.15, 0.2) is 5.82 Å². The molecule has 0 atom stereocenters. The van der Waals surface area contributed by atoms with E-state index in [1.54, 1.807) is 12.1 Å². The van der Waals surface area contributed by atoms with Crippen LogP contribution in [0.2, 0.25) is 10.0 Å². The fourth-order valence-corrected chi connectivity index (χ4v) is 3.78. The number of thioether (sulfide) groups is 1. The van der Waals surface area contributed by atoms with Gasteiger partial charge in [0.1, 0.15) is 10.5 Å². The van der Waals surface area contributed by atoms with Gasteiger partial charge in [-0.2, -0.15) is 4.98 Å². The van der Waals surface area contributed by atoms with Gasteiger partial charge < -0.3 is 11.1 Å². The molecule has 3 N–H and O–H groups in total. The Kier molecular flexibility index (Phi) is 5.94. The molecule has 29 heavy (non-hydrogen) atoms. The maximum Gasteiger partial charge on any atom is 0.223 e. The summed E-state index contributed by atoms with van der Waals surface area (Å²) in [6, 6.07) is 15.4. The molecule has 7 nitrogen and oxygen atoms in total. The molecule has 0 spiro atoms. The monoisotopic (exact) mass is 443 g/mol. The molecule has 0 fully saturated rings. The van der Waals surface area contributed by atoms with Crippen LogP contribution in [0.25, 0.3) is 11.2 Å². The minimum absolute atomic E-state index is 0.144. The van der Waals surface area contributed by atoms with Gasteiger partial charge in [0.05, 0.1) is 16.6 Å². The summed E-state index contributed by atoms with van der Waals surface area (Å²) in [6.45, 7) is 0.355. The van der Waals surface area contributed by atoms with Gasteiger partial charge in [0.2, 0.25) is 11.6 Å². The minimum Gasteiger partial charge on any atom is -0.378 e. The first-order valence-electron chi connectivity index (χ1n) is 8.61. The number of nitrogens with one attached hydrogen (secondary N) is 1. The quantitative estimate of drug-likeness (QED) is 0.328. The summed E-state index contributed by atoms with van der Waals surface area (Å²) < 4.78 is 0. The molecule has 0 aliphatic carbocycles. The van der Waals surface area contributed by atoms with Crippen molar-refractivity contribution in [1.82, 2.24) is 25.1 Å². The molecule has 0 amide bonds. The van der Waals surface area contributed by atoms with E-state index in [0.717, 1.165) is 11.4 Å². The summed E-state index contributed by atoms with van der Waals surface area (Å²) in [6.07, 6.45) is 0. The van der Waals surface area contributed by atoms with Gasteiger partial charge in [-0.25, -0.2) is 9.97 Å². The standard InChI is InChI=1S/C19H15Cl2N7S/c20-13-7-6-12(8-14(13)21)23-9-15-24-16-17(28-27-15)25-19(22)26-18(16)29-10-11-4-2-1-3-5-11/h1-8,23H,9-10H2,(H2,22,25,26,28). The molecule has 146 valence electrons. The Labute approximate surface area is 181 Å². The van der Waals surface area contributed by atoms with Gasteiger partial charge in [-0.05, 0) is 23.8 Å². The molecular weight excluding hydrogens is 429 g/mol. The number of halogens is 2. The summed E-state index contributed by atoms with van der Waals surface area (Å²) in [5.41, 5.74) is 8.74. The fourth-order valence-electron chi connectivity index (χ4n) is 2.55. The molecular formula is C19H15Cl2N7S. The van der Waals surface area contributed by atoms with Crippen LogP contribution in [0.4, 0.5) is 11.6 Å². The molecule has 0 aliphatic rings. The largest absolute Gasteiger partial charge is 0.378 e. The highest BCUT2D eigenvalue weighted by molar-refractivity contribution is 7.98. The Hall–Kier alpha value is -2.68. The normalized spacial score (nSPS) is 11.0. The van der Waals surface area contributed by atoms with Gasteiger partial charge in [-0.3, -0.25) is 0 Å². The smallest absolute Gasteiger partial charge is 0.223 e. The Balaban J connectivity index is 1.56. The van der Waals surface area contributed by atoms with E-state index in [0.29, 0.717) is 38.6 Å². The number of hydrogen-bond acceptors (Lipinski definition) is 8. The minimum atomic E-state index is 0.144. The first-order chi connectivity index (χ1) is 14.1. The van der Waals surface area contributed by atoms with Crippen LogP contribution in [0.5, 0.6) is 0 Å². The average molecular weight is 444 g/mol. The molecule has 0 unspecified atom stereocenters. The highest BCUT2D eigenvalue weighted by Crippen LogP contribution is 2.27. The Morgan fingerprint density at radius 1 is 0.931 bits per heavy atom. The highest BCUT2D eigenvalue weighted by Gasteiger charge is 2.12. The zero-order valence-electron chi connectivity index (χ0n) is 15.0. The van der Waals surface area contributed by atoms with Crippen LogP contribution >= 0.6 is 35.0 Å². The van der Waals surface area contributed by atoms with E-state index in [1.807, 2.05) is 24.3 Å². The van der Waals surface area contributed by atoms with Crippen LogP contribution in [0, 0.1) is 0 Å².